The summed E-state index contributed by atoms with van der Waals surface area (Å²) >= 11 is 5.81. The first kappa shape index (κ1) is 14.3. The number of nitrogens with one attached hydrogen (secondary N) is 2. The molecule has 0 aliphatic carbocycles. The van der Waals surface area contributed by atoms with E-state index in [1.807, 2.05) is 20.8 Å². The molecule has 0 saturated carbocycles. The van der Waals surface area contributed by atoms with E-state index in [9.17, 15) is 4.79 Å². The number of aliphatic imine (C=N–C) groups is 1. The number of halogens is 1. The van der Waals surface area contributed by atoms with Gasteiger partial charge in [0, 0.05) is 10.6 Å². The Morgan fingerprint density at radius 2 is 2.06 bits per heavy atom. The van der Waals surface area contributed by atoms with Crippen LogP contribution in [0.25, 0.3) is 0 Å². The lowest BCUT2D eigenvalue weighted by Crippen LogP contribution is -2.50. The third-order valence-electron chi connectivity index (χ3n) is 1.79. The highest BCUT2D eigenvalue weighted by molar-refractivity contribution is 6.30. The molecule has 2 amide bonds. The number of urea groups is 1. The highest BCUT2D eigenvalue weighted by atomic mass is 35.5. The molecule has 0 heterocycles. The topological polar surface area (TPSA) is 79.5 Å². The van der Waals surface area contributed by atoms with E-state index in [1.54, 1.807) is 24.3 Å². The van der Waals surface area contributed by atoms with Crippen molar-refractivity contribution >= 4 is 29.3 Å². The molecule has 18 heavy (non-hydrogen) atoms. The minimum atomic E-state index is -0.397. The van der Waals surface area contributed by atoms with Crippen LogP contribution >= 0.6 is 11.6 Å². The van der Waals surface area contributed by atoms with Crippen molar-refractivity contribution in [1.29, 1.82) is 0 Å². The van der Waals surface area contributed by atoms with E-state index in [2.05, 4.69) is 15.6 Å². The first-order chi connectivity index (χ1) is 8.26. The van der Waals surface area contributed by atoms with Gasteiger partial charge in [0.25, 0.3) is 0 Å². The van der Waals surface area contributed by atoms with Gasteiger partial charge in [-0.25, -0.2) is 9.79 Å². The number of hydrogen-bond donors (Lipinski definition) is 3. The van der Waals surface area contributed by atoms with Crippen LogP contribution in [-0.2, 0) is 0 Å². The van der Waals surface area contributed by atoms with Crippen molar-refractivity contribution in [1.82, 2.24) is 10.6 Å². The quantitative estimate of drug-likeness (QED) is 0.540. The summed E-state index contributed by atoms with van der Waals surface area (Å²) in [5.41, 5.74) is 5.86. The van der Waals surface area contributed by atoms with Crippen LogP contribution in [0.1, 0.15) is 20.8 Å². The highest BCUT2D eigenvalue weighted by Gasteiger charge is 2.13. The number of rotatable bonds is 1. The van der Waals surface area contributed by atoms with Crippen molar-refractivity contribution in [2.75, 3.05) is 0 Å². The molecule has 0 radical (unpaired) electrons. The van der Waals surface area contributed by atoms with Crippen molar-refractivity contribution in [2.24, 2.45) is 10.7 Å². The normalized spacial score (nSPS) is 12.1. The van der Waals surface area contributed by atoms with Gasteiger partial charge in [0.05, 0.1) is 5.69 Å². The maximum Gasteiger partial charge on any atom is 0.321 e. The Morgan fingerprint density at radius 3 is 2.61 bits per heavy atom. The number of guanidine groups is 1. The van der Waals surface area contributed by atoms with Gasteiger partial charge in [0.2, 0.25) is 5.96 Å². The molecule has 98 valence electrons. The average molecular weight is 269 g/mol. The molecule has 0 saturated heterocycles. The lowest BCUT2D eigenvalue weighted by Gasteiger charge is -2.20. The van der Waals surface area contributed by atoms with Crippen molar-refractivity contribution in [3.63, 3.8) is 0 Å². The Morgan fingerprint density at radius 1 is 1.39 bits per heavy atom. The number of carbonyl (C=O) groups excluding carboxylic acids is 1. The maximum atomic E-state index is 11.5. The Hall–Kier alpha value is -1.75. The summed E-state index contributed by atoms with van der Waals surface area (Å²) in [6.45, 7) is 5.62. The Balaban J connectivity index is 2.65. The Bertz CT molecular complexity index is 465. The SMILES string of the molecule is CC(C)(C)NC(=O)NC(N)=Nc1cccc(Cl)c1. The average Bonchev–Trinajstić information content (AvgIpc) is 2.13. The molecule has 0 aromatic heterocycles. The summed E-state index contributed by atoms with van der Waals surface area (Å²) in [7, 11) is 0. The number of hydrogen-bond acceptors (Lipinski definition) is 2. The number of carbonyl (C=O) groups is 1. The number of nitrogens with two attached hydrogens (primary N) is 1. The third kappa shape index (κ3) is 5.54. The maximum absolute atomic E-state index is 11.5. The smallest absolute Gasteiger partial charge is 0.321 e. The van der Waals surface area contributed by atoms with Crippen molar-refractivity contribution < 1.29 is 4.79 Å². The number of amides is 2. The van der Waals surface area contributed by atoms with Crippen LogP contribution in [0, 0.1) is 0 Å². The van der Waals surface area contributed by atoms with Crippen LogP contribution in [0.3, 0.4) is 0 Å². The predicted octanol–water partition coefficient (Wildman–Crippen LogP) is 2.38. The van der Waals surface area contributed by atoms with Crippen molar-refractivity contribution in [3.05, 3.63) is 29.3 Å². The minimum Gasteiger partial charge on any atom is -0.369 e. The van der Waals surface area contributed by atoms with Gasteiger partial charge in [-0.1, -0.05) is 17.7 Å². The molecule has 0 bridgehead atoms. The summed E-state index contributed by atoms with van der Waals surface area (Å²) < 4.78 is 0. The zero-order valence-corrected chi connectivity index (χ0v) is 11.4. The van der Waals surface area contributed by atoms with Gasteiger partial charge in [-0.2, -0.15) is 0 Å². The summed E-state index contributed by atoms with van der Waals surface area (Å²) in [6, 6.07) is 6.48. The van der Waals surface area contributed by atoms with Gasteiger partial charge in [0.15, 0.2) is 0 Å². The van der Waals surface area contributed by atoms with Gasteiger partial charge in [-0.3, -0.25) is 5.32 Å². The summed E-state index contributed by atoms with van der Waals surface area (Å²) in [5.74, 6) is 0.0130. The second-order valence-electron chi connectivity index (χ2n) is 4.81. The molecule has 1 aromatic rings. The highest BCUT2D eigenvalue weighted by Crippen LogP contribution is 2.17. The lowest BCUT2D eigenvalue weighted by molar-refractivity contribution is 0.236. The zero-order chi connectivity index (χ0) is 13.8. The standard InChI is InChI=1S/C12H17ClN4O/c1-12(2,3)17-11(18)16-10(14)15-9-6-4-5-8(13)7-9/h4-7H,1-3H3,(H4,14,15,16,17,18). The Labute approximate surface area is 111 Å². The summed E-state index contributed by atoms with van der Waals surface area (Å²) in [5, 5.41) is 5.71. The molecule has 0 unspecified atom stereocenters. The van der Waals surface area contributed by atoms with E-state index < -0.39 is 6.03 Å². The van der Waals surface area contributed by atoms with Gasteiger partial charge in [-0.05, 0) is 39.0 Å². The summed E-state index contributed by atoms with van der Waals surface area (Å²) in [6.07, 6.45) is 0. The molecule has 4 N–H and O–H groups in total. The van der Waals surface area contributed by atoms with Crippen LogP contribution in [0.2, 0.25) is 5.02 Å². The van der Waals surface area contributed by atoms with Crippen LogP contribution in [0.5, 0.6) is 0 Å². The van der Waals surface area contributed by atoms with Gasteiger partial charge >= 0.3 is 6.03 Å². The molecule has 6 heteroatoms. The second kappa shape index (κ2) is 5.73. The predicted molar refractivity (Wildman–Crippen MR) is 74.2 cm³/mol. The number of benzene rings is 1. The van der Waals surface area contributed by atoms with E-state index in [0.29, 0.717) is 10.7 Å². The van der Waals surface area contributed by atoms with Gasteiger partial charge in [0.1, 0.15) is 0 Å². The zero-order valence-electron chi connectivity index (χ0n) is 10.6. The molecule has 0 atom stereocenters. The van der Waals surface area contributed by atoms with E-state index in [1.165, 1.54) is 0 Å². The largest absolute Gasteiger partial charge is 0.369 e. The van der Waals surface area contributed by atoms with Crippen LogP contribution < -0.4 is 16.4 Å². The first-order valence-corrected chi connectivity index (χ1v) is 5.83. The lowest BCUT2D eigenvalue weighted by atomic mass is 10.1. The Kier molecular flexibility index (Phi) is 4.55. The van der Waals surface area contributed by atoms with Crippen LogP contribution in [0.15, 0.2) is 29.3 Å². The molecule has 5 nitrogen and oxygen atoms in total. The number of nitrogens with zero attached hydrogens (tertiary/aromatic N) is 1. The fourth-order valence-electron chi connectivity index (χ4n) is 1.20. The van der Waals surface area contributed by atoms with Gasteiger partial charge in [-0.15, -0.1) is 0 Å². The fraction of sp³-hybridized carbons (Fsp3) is 0.333. The van der Waals surface area contributed by atoms with E-state index in [-0.39, 0.29) is 11.5 Å². The first-order valence-electron chi connectivity index (χ1n) is 5.45. The van der Waals surface area contributed by atoms with Crippen LogP contribution in [0.4, 0.5) is 10.5 Å². The molecule has 0 aliphatic heterocycles. The molecule has 0 fully saturated rings. The van der Waals surface area contributed by atoms with Gasteiger partial charge < -0.3 is 11.1 Å². The molecule has 1 rings (SSSR count). The second-order valence-corrected chi connectivity index (χ2v) is 5.24. The molecular formula is C12H17ClN4O. The van der Waals surface area contributed by atoms with Crippen molar-refractivity contribution in [2.45, 2.75) is 26.3 Å². The van der Waals surface area contributed by atoms with E-state index >= 15 is 0 Å². The fourth-order valence-corrected chi connectivity index (χ4v) is 1.39. The molecular weight excluding hydrogens is 252 g/mol. The third-order valence-corrected chi connectivity index (χ3v) is 2.02. The van der Waals surface area contributed by atoms with E-state index in [0.717, 1.165) is 0 Å². The van der Waals surface area contributed by atoms with E-state index in [4.69, 9.17) is 17.3 Å². The van der Waals surface area contributed by atoms with Crippen molar-refractivity contribution in [3.8, 4) is 0 Å². The molecule has 1 aromatic carbocycles. The minimum absolute atomic E-state index is 0.0130. The summed E-state index contributed by atoms with van der Waals surface area (Å²) in [4.78, 5) is 15.5. The van der Waals surface area contributed by atoms with Crippen LogP contribution in [-0.4, -0.2) is 17.5 Å². The monoisotopic (exact) mass is 268 g/mol. The molecule has 0 spiro atoms. The molecule has 0 aliphatic rings.